The van der Waals surface area contributed by atoms with E-state index in [4.69, 9.17) is 9.47 Å². The number of nitrogens with zero attached hydrogens (tertiary/aromatic N) is 7. The maximum Gasteiger partial charge on any atom is 0.136 e. The van der Waals surface area contributed by atoms with Crippen LogP contribution in [0, 0.1) is 81.5 Å². The van der Waals surface area contributed by atoms with Crippen LogP contribution < -0.4 is 14.4 Å². The minimum atomic E-state index is 0.322. The van der Waals surface area contributed by atoms with Crippen molar-refractivity contribution in [2.24, 2.45) is 0 Å². The van der Waals surface area contributed by atoms with Crippen LogP contribution in [0.4, 0.5) is 17.1 Å². The third-order valence-corrected chi connectivity index (χ3v) is 12.2. The van der Waals surface area contributed by atoms with E-state index in [1.54, 1.807) is 30.5 Å². The number of hydrogen-bond donors (Lipinski definition) is 0. The second-order valence-electron chi connectivity index (χ2n) is 17.7. The van der Waals surface area contributed by atoms with E-state index in [2.05, 4.69) is 119 Å². The van der Waals surface area contributed by atoms with Gasteiger partial charge in [0.25, 0.3) is 0 Å². The van der Waals surface area contributed by atoms with Crippen molar-refractivity contribution in [1.82, 2.24) is 15.0 Å². The average molecular weight is 988 g/mol. The summed E-state index contributed by atoms with van der Waals surface area (Å²) in [4.78, 5) is 2.17. The number of hydrogen-bond acceptors (Lipinski definition) is 8. The molecule has 0 atom stereocenters. The molecule has 8 rings (SSSR count). The van der Waals surface area contributed by atoms with Gasteiger partial charge >= 0.3 is 0 Å². The molecule has 0 saturated carbocycles. The summed E-state index contributed by atoms with van der Waals surface area (Å²) in [5, 5.41) is 38.3. The lowest BCUT2D eigenvalue weighted by atomic mass is 9.99. The Bertz CT molecular complexity index is 3630. The summed E-state index contributed by atoms with van der Waals surface area (Å²) in [6.07, 6.45) is 10.3. The van der Waals surface area contributed by atoms with Crippen molar-refractivity contribution < 1.29 is 9.47 Å². The second-order valence-corrected chi connectivity index (χ2v) is 17.7. The van der Waals surface area contributed by atoms with Gasteiger partial charge < -0.3 is 14.4 Å². The lowest BCUT2D eigenvalue weighted by molar-refractivity contribution is 0.295. The predicted molar refractivity (Wildman–Crippen MR) is 300 cm³/mol. The number of benzene rings is 7. The normalized spacial score (nSPS) is 10.0. The van der Waals surface area contributed by atoms with Gasteiger partial charge in [-0.15, -0.1) is 5.10 Å². The fourth-order valence-electron chi connectivity index (χ4n) is 8.04. The van der Waals surface area contributed by atoms with Crippen LogP contribution in [-0.4, -0.2) is 28.2 Å². The topological polar surface area (TPSA) is 124 Å². The van der Waals surface area contributed by atoms with Crippen molar-refractivity contribution in [3.63, 3.8) is 0 Å². The molecular formula is C67H53N7O2. The molecule has 0 aliphatic rings. The van der Waals surface area contributed by atoms with E-state index in [1.165, 1.54) is 4.68 Å². The Labute approximate surface area is 446 Å². The summed E-state index contributed by atoms with van der Waals surface area (Å²) in [7, 11) is 0. The molecule has 0 amide bonds. The van der Waals surface area contributed by atoms with E-state index < -0.39 is 0 Å². The van der Waals surface area contributed by atoms with Gasteiger partial charge in [-0.1, -0.05) is 142 Å². The van der Waals surface area contributed by atoms with Gasteiger partial charge in [0.1, 0.15) is 29.3 Å². The van der Waals surface area contributed by atoms with Crippen LogP contribution in [0.1, 0.15) is 121 Å². The maximum atomic E-state index is 10.1. The molecule has 0 bridgehead atoms. The lowest BCUT2D eigenvalue weighted by Crippen LogP contribution is -2.09. The maximum absolute atomic E-state index is 10.1. The van der Waals surface area contributed by atoms with E-state index >= 15 is 0 Å². The van der Waals surface area contributed by atoms with Crippen LogP contribution in [0.15, 0.2) is 164 Å². The zero-order valence-electron chi connectivity index (χ0n) is 42.6. The first kappa shape index (κ1) is 52.1. The Kier molecular flexibility index (Phi) is 18.5. The monoisotopic (exact) mass is 987 g/mol. The van der Waals surface area contributed by atoms with Gasteiger partial charge in [0.15, 0.2) is 0 Å². The third kappa shape index (κ3) is 14.3. The molecule has 0 aliphatic heterocycles. The zero-order chi connectivity index (χ0) is 52.7. The quantitative estimate of drug-likeness (QED) is 0.0692. The average Bonchev–Trinajstić information content (AvgIpc) is 3.96. The minimum absolute atomic E-state index is 0.322. The highest BCUT2D eigenvalue weighted by atomic mass is 16.5. The molecule has 76 heavy (non-hydrogen) atoms. The number of para-hydroxylation sites is 2. The highest BCUT2D eigenvalue weighted by Crippen LogP contribution is 2.34. The molecule has 1 heterocycles. The van der Waals surface area contributed by atoms with Gasteiger partial charge in [-0.25, -0.2) is 0 Å². The van der Waals surface area contributed by atoms with Crippen molar-refractivity contribution in [1.29, 1.82) is 15.8 Å². The van der Waals surface area contributed by atoms with E-state index in [1.807, 2.05) is 109 Å². The molecule has 0 saturated heterocycles. The Morgan fingerprint density at radius 1 is 0.434 bits per heavy atom. The van der Waals surface area contributed by atoms with Crippen molar-refractivity contribution >= 4 is 17.1 Å². The largest absolute Gasteiger partial charge is 0.492 e. The van der Waals surface area contributed by atoms with E-state index in [9.17, 15) is 15.8 Å². The van der Waals surface area contributed by atoms with Crippen molar-refractivity contribution in [2.75, 3.05) is 18.1 Å². The number of rotatable bonds is 16. The van der Waals surface area contributed by atoms with Crippen LogP contribution in [0.2, 0.25) is 0 Å². The number of unbranched alkanes of at least 4 members (excludes halogenated alkanes) is 6. The van der Waals surface area contributed by atoms with Crippen molar-refractivity contribution in [3.05, 3.63) is 220 Å². The summed E-state index contributed by atoms with van der Waals surface area (Å²) in [5.41, 5.74) is 10.2. The molecule has 0 spiro atoms. The van der Waals surface area contributed by atoms with E-state index in [0.717, 1.165) is 85.1 Å². The summed E-state index contributed by atoms with van der Waals surface area (Å²) in [6, 6.07) is 59.8. The fraction of sp³-hybridized carbons (Fsp3) is 0.179. The lowest BCUT2D eigenvalue weighted by Gasteiger charge is -2.25. The molecule has 0 unspecified atom stereocenters. The zero-order valence-corrected chi connectivity index (χ0v) is 42.6. The highest BCUT2D eigenvalue weighted by molar-refractivity contribution is 5.77. The Hall–Kier alpha value is -10.2. The standard InChI is InChI=1S/C67H53N7O2/c1-3-5-7-15-41-75-66-46-59(67(76-42-16-8-6-4-2)45-58(66)36-29-51-21-23-54(47-68)24-22-51)39-40-73-50-65(71-72-73)55-32-25-52(26-33-55)27-34-56-43-61(49-70)57(44-60(56)48-69)35-28-53-30-37-64(38-31-53)74(62-17-11-9-12-18-62)63-19-13-10-14-20-63/h9-14,17-26,30-33,37-38,43-46,50H,3-8,15-16,41-42H2,1-2H3. The van der Waals surface area contributed by atoms with Gasteiger partial charge in [0.05, 0.1) is 53.3 Å². The Balaban J connectivity index is 0.984. The summed E-state index contributed by atoms with van der Waals surface area (Å²) in [6.45, 7) is 5.44. The molecule has 9 heteroatoms. The van der Waals surface area contributed by atoms with Gasteiger partial charge in [0, 0.05) is 68.6 Å². The van der Waals surface area contributed by atoms with Crippen LogP contribution >= 0.6 is 0 Å². The van der Waals surface area contributed by atoms with Crippen LogP contribution in [0.5, 0.6) is 11.5 Å². The molecule has 0 N–H and O–H groups in total. The second kappa shape index (κ2) is 27.0. The Morgan fingerprint density at radius 2 is 0.882 bits per heavy atom. The van der Waals surface area contributed by atoms with Gasteiger partial charge in [-0.3, -0.25) is 0 Å². The van der Waals surface area contributed by atoms with Gasteiger partial charge in [-0.2, -0.15) is 20.5 Å². The van der Waals surface area contributed by atoms with Gasteiger partial charge in [-0.05, 0) is 116 Å². The van der Waals surface area contributed by atoms with Crippen LogP contribution in [0.3, 0.4) is 0 Å². The summed E-state index contributed by atoms with van der Waals surface area (Å²) < 4.78 is 14.2. The Morgan fingerprint density at radius 3 is 1.37 bits per heavy atom. The molecule has 368 valence electrons. The fourth-order valence-corrected chi connectivity index (χ4v) is 8.04. The first-order valence-electron chi connectivity index (χ1n) is 25.5. The van der Waals surface area contributed by atoms with Crippen LogP contribution in [-0.2, 0) is 0 Å². The molecule has 9 nitrogen and oxygen atoms in total. The molecule has 1 aromatic heterocycles. The van der Waals surface area contributed by atoms with E-state index in [-0.39, 0.29) is 0 Å². The molecule has 0 radical (unpaired) electrons. The first-order valence-corrected chi connectivity index (χ1v) is 25.5. The van der Waals surface area contributed by atoms with E-state index in [0.29, 0.717) is 74.9 Å². The smallest absolute Gasteiger partial charge is 0.136 e. The number of aromatic nitrogens is 3. The van der Waals surface area contributed by atoms with Gasteiger partial charge in [0.2, 0.25) is 0 Å². The van der Waals surface area contributed by atoms with Crippen LogP contribution in [0.25, 0.3) is 11.3 Å². The molecular weight excluding hydrogens is 935 g/mol. The summed E-state index contributed by atoms with van der Waals surface area (Å²) in [5.74, 6) is 23.6. The van der Waals surface area contributed by atoms with Crippen molar-refractivity contribution in [3.8, 4) is 88.5 Å². The molecule has 8 aromatic rings. The number of ether oxygens (including phenoxy) is 2. The number of anilines is 3. The predicted octanol–water partition coefficient (Wildman–Crippen LogP) is 14.0. The minimum Gasteiger partial charge on any atom is -0.492 e. The summed E-state index contributed by atoms with van der Waals surface area (Å²) >= 11 is 0. The third-order valence-electron chi connectivity index (χ3n) is 12.2. The number of nitriles is 3. The SMILES string of the molecule is CCCCCCOc1cc(C#Cn2cc(-c3ccc(C#Cc4cc(C#N)c(C#Cc5ccc(N(c6ccccc6)c6ccccc6)cc5)cc4C#N)cc3)nn2)c(OCCCCCC)cc1C#Cc1ccc(C#N)cc1. The molecule has 0 aliphatic carbocycles. The molecule has 0 fully saturated rings. The molecule has 7 aromatic carbocycles. The highest BCUT2D eigenvalue weighted by Gasteiger charge is 2.14. The first-order chi connectivity index (χ1) is 37.4. The van der Waals surface area contributed by atoms with Crippen molar-refractivity contribution in [2.45, 2.75) is 65.2 Å².